The second-order valence-electron chi connectivity index (χ2n) is 6.53. The third kappa shape index (κ3) is 3.63. The Kier molecular flexibility index (Phi) is 5.47. The predicted octanol–water partition coefficient (Wildman–Crippen LogP) is 2.59. The maximum Gasteiger partial charge on any atom is 0.339 e. The van der Waals surface area contributed by atoms with Crippen LogP contribution in [0.1, 0.15) is 29.4 Å². The van der Waals surface area contributed by atoms with Crippen LogP contribution in [-0.2, 0) is 17.1 Å². The fourth-order valence-electron chi connectivity index (χ4n) is 3.08. The van der Waals surface area contributed by atoms with Crippen LogP contribution in [0.4, 0.5) is 5.69 Å². The lowest BCUT2D eigenvalue weighted by Gasteiger charge is -2.22. The van der Waals surface area contributed by atoms with Gasteiger partial charge < -0.3 is 9.84 Å². The minimum absolute atomic E-state index is 0.0201. The highest BCUT2D eigenvalue weighted by Gasteiger charge is 2.29. The smallest absolute Gasteiger partial charge is 0.339 e. The summed E-state index contributed by atoms with van der Waals surface area (Å²) in [5.41, 5.74) is 0.688. The number of aromatic nitrogens is 3. The molecule has 29 heavy (non-hydrogen) atoms. The van der Waals surface area contributed by atoms with Crippen LogP contribution in [0.15, 0.2) is 35.4 Å². The summed E-state index contributed by atoms with van der Waals surface area (Å²) in [6.07, 6.45) is 1.98. The van der Waals surface area contributed by atoms with Gasteiger partial charge in [0.15, 0.2) is 5.65 Å². The number of hydrogen-bond acceptors (Lipinski definition) is 6. The summed E-state index contributed by atoms with van der Waals surface area (Å²) >= 11 is 0. The van der Waals surface area contributed by atoms with Gasteiger partial charge in [0.2, 0.25) is 0 Å². The van der Waals surface area contributed by atoms with E-state index in [1.54, 1.807) is 26.1 Å². The van der Waals surface area contributed by atoms with E-state index in [9.17, 15) is 18.3 Å². The molecule has 3 aromatic rings. The zero-order valence-electron chi connectivity index (χ0n) is 16.6. The van der Waals surface area contributed by atoms with E-state index in [0.29, 0.717) is 29.1 Å². The number of benzene rings is 1. The first kappa shape index (κ1) is 20.6. The summed E-state index contributed by atoms with van der Waals surface area (Å²) in [5.74, 6) is -0.711. The van der Waals surface area contributed by atoms with Crippen LogP contribution in [0.2, 0.25) is 0 Å². The lowest BCUT2D eigenvalue weighted by Crippen LogP contribution is -2.28. The van der Waals surface area contributed by atoms with Crippen molar-refractivity contribution in [1.29, 1.82) is 0 Å². The van der Waals surface area contributed by atoms with Crippen LogP contribution in [0, 0.1) is 6.92 Å². The molecule has 0 amide bonds. The molecule has 0 aliphatic heterocycles. The number of carboxylic acid groups (broad SMARTS) is 1. The van der Waals surface area contributed by atoms with Gasteiger partial charge in [-0.05, 0) is 37.6 Å². The quantitative estimate of drug-likeness (QED) is 0.627. The van der Waals surface area contributed by atoms with Crippen LogP contribution >= 0.6 is 0 Å². The van der Waals surface area contributed by atoms with Crippen molar-refractivity contribution in [3.05, 3.63) is 41.7 Å². The summed E-state index contributed by atoms with van der Waals surface area (Å²) in [6, 6.07) is 6.02. The Hall–Kier alpha value is -3.14. The van der Waals surface area contributed by atoms with Crippen LogP contribution < -0.4 is 9.04 Å². The number of fused-ring (bicyclic) bond motifs is 1. The minimum atomic E-state index is -4.03. The summed E-state index contributed by atoms with van der Waals surface area (Å²) in [7, 11) is -1.05. The van der Waals surface area contributed by atoms with E-state index < -0.39 is 16.0 Å². The van der Waals surface area contributed by atoms with E-state index in [4.69, 9.17) is 4.74 Å². The van der Waals surface area contributed by atoms with Gasteiger partial charge in [0.25, 0.3) is 10.0 Å². The van der Waals surface area contributed by atoms with Gasteiger partial charge in [-0.2, -0.15) is 5.10 Å². The molecule has 1 N–H and O–H groups in total. The van der Waals surface area contributed by atoms with Gasteiger partial charge in [0.1, 0.15) is 11.3 Å². The maximum atomic E-state index is 13.2. The second kappa shape index (κ2) is 7.70. The molecule has 0 atom stereocenters. The number of aromatic carboxylic acids is 1. The van der Waals surface area contributed by atoms with Crippen molar-refractivity contribution in [2.75, 3.05) is 18.0 Å². The Bertz CT molecular complexity index is 1170. The third-order valence-electron chi connectivity index (χ3n) is 4.50. The van der Waals surface area contributed by atoms with Gasteiger partial charge in [-0.3, -0.25) is 8.99 Å². The fourth-order valence-corrected chi connectivity index (χ4v) is 4.31. The molecule has 0 aliphatic carbocycles. The number of nitrogens with zero attached hydrogens (tertiary/aromatic N) is 4. The van der Waals surface area contributed by atoms with Crippen molar-refractivity contribution in [3.8, 4) is 5.75 Å². The Morgan fingerprint density at radius 3 is 2.52 bits per heavy atom. The maximum absolute atomic E-state index is 13.2. The van der Waals surface area contributed by atoms with Crippen LogP contribution in [0.25, 0.3) is 11.0 Å². The van der Waals surface area contributed by atoms with E-state index in [2.05, 4.69) is 10.1 Å². The van der Waals surface area contributed by atoms with Crippen molar-refractivity contribution < 1.29 is 23.1 Å². The Labute approximate surface area is 168 Å². The molecular weight excluding hydrogens is 396 g/mol. The number of rotatable bonds is 7. The molecule has 0 fully saturated rings. The first-order chi connectivity index (χ1) is 13.7. The number of aryl methyl sites for hydroxylation is 2. The summed E-state index contributed by atoms with van der Waals surface area (Å²) in [4.78, 5) is 16.0. The minimum Gasteiger partial charge on any atom is -0.494 e. The lowest BCUT2D eigenvalue weighted by molar-refractivity contribution is 0.0697. The Morgan fingerprint density at radius 2 is 1.93 bits per heavy atom. The first-order valence-electron chi connectivity index (χ1n) is 8.95. The van der Waals surface area contributed by atoms with Crippen molar-refractivity contribution in [3.63, 3.8) is 0 Å². The standard InChI is InChI=1S/C19H22N4O5S/c1-5-10-28-13-6-8-14(9-7-13)29(26,27)23(4)17-15(19(24)25)11-20-18-16(17)12(2)21-22(18)3/h6-9,11H,5,10H2,1-4H3,(H,24,25). The van der Waals surface area contributed by atoms with Gasteiger partial charge in [-0.15, -0.1) is 0 Å². The van der Waals surface area contributed by atoms with Gasteiger partial charge in [0, 0.05) is 20.3 Å². The van der Waals surface area contributed by atoms with Gasteiger partial charge in [-0.25, -0.2) is 18.2 Å². The van der Waals surface area contributed by atoms with E-state index in [-0.39, 0.29) is 16.1 Å². The predicted molar refractivity (Wildman–Crippen MR) is 108 cm³/mol. The number of carboxylic acids is 1. The summed E-state index contributed by atoms with van der Waals surface area (Å²) < 4.78 is 34.4. The van der Waals surface area contributed by atoms with Gasteiger partial charge in [-0.1, -0.05) is 6.92 Å². The zero-order chi connectivity index (χ0) is 21.3. The Morgan fingerprint density at radius 1 is 1.28 bits per heavy atom. The average Bonchev–Trinajstić information content (AvgIpc) is 2.99. The topological polar surface area (TPSA) is 115 Å². The van der Waals surface area contributed by atoms with Gasteiger partial charge in [0.05, 0.1) is 28.3 Å². The molecule has 3 rings (SSSR count). The number of ether oxygens (including phenoxy) is 1. The summed E-state index contributed by atoms with van der Waals surface area (Å²) in [5, 5.41) is 14.2. The van der Waals surface area contributed by atoms with Crippen molar-refractivity contribution in [2.24, 2.45) is 7.05 Å². The van der Waals surface area contributed by atoms with E-state index in [0.717, 1.165) is 16.9 Å². The molecule has 10 heteroatoms. The normalized spacial score (nSPS) is 11.6. The molecule has 2 aromatic heterocycles. The molecule has 0 bridgehead atoms. The van der Waals surface area contributed by atoms with E-state index in [1.165, 1.54) is 23.9 Å². The highest BCUT2D eigenvalue weighted by molar-refractivity contribution is 7.92. The second-order valence-corrected chi connectivity index (χ2v) is 8.49. The molecule has 0 spiro atoms. The highest BCUT2D eigenvalue weighted by Crippen LogP contribution is 2.34. The molecule has 1 aromatic carbocycles. The van der Waals surface area contributed by atoms with E-state index >= 15 is 0 Å². The lowest BCUT2D eigenvalue weighted by atomic mass is 10.1. The molecule has 2 heterocycles. The average molecular weight is 418 g/mol. The van der Waals surface area contributed by atoms with Crippen LogP contribution in [0.5, 0.6) is 5.75 Å². The fraction of sp³-hybridized carbons (Fsp3) is 0.316. The third-order valence-corrected chi connectivity index (χ3v) is 6.27. The molecule has 0 aliphatic rings. The number of hydrogen-bond donors (Lipinski definition) is 1. The van der Waals surface area contributed by atoms with E-state index in [1.807, 2.05) is 6.92 Å². The first-order valence-corrected chi connectivity index (χ1v) is 10.4. The number of sulfonamides is 1. The SMILES string of the molecule is CCCOc1ccc(S(=O)(=O)N(C)c2c(C(=O)O)cnc3c2c(C)nn3C)cc1. The molecule has 0 radical (unpaired) electrons. The van der Waals surface area contributed by atoms with Gasteiger partial charge >= 0.3 is 5.97 Å². The molecular formula is C19H22N4O5S. The number of carbonyl (C=O) groups is 1. The highest BCUT2D eigenvalue weighted by atomic mass is 32.2. The number of pyridine rings is 1. The zero-order valence-corrected chi connectivity index (χ0v) is 17.4. The van der Waals surface area contributed by atoms with Crippen molar-refractivity contribution >= 4 is 32.7 Å². The van der Waals surface area contributed by atoms with Crippen LogP contribution in [-0.4, -0.2) is 47.9 Å². The largest absolute Gasteiger partial charge is 0.494 e. The van der Waals surface area contributed by atoms with Crippen LogP contribution in [0.3, 0.4) is 0 Å². The summed E-state index contributed by atoms with van der Waals surface area (Å²) in [6.45, 7) is 4.19. The number of anilines is 1. The molecule has 0 saturated heterocycles. The molecule has 0 saturated carbocycles. The molecule has 9 nitrogen and oxygen atoms in total. The Balaban J connectivity index is 2.14. The van der Waals surface area contributed by atoms with Crippen molar-refractivity contribution in [2.45, 2.75) is 25.2 Å². The monoisotopic (exact) mass is 418 g/mol. The molecule has 154 valence electrons. The van der Waals surface area contributed by atoms with Crippen molar-refractivity contribution in [1.82, 2.24) is 14.8 Å². The molecule has 0 unspecified atom stereocenters.